The number of nitrogens with one attached hydrogen (secondary N) is 1. The molecule has 21 heavy (non-hydrogen) atoms. The maximum absolute atomic E-state index is 12.1. The van der Waals surface area contributed by atoms with E-state index in [4.69, 9.17) is 4.74 Å². The SMILES string of the molecule is C=C/C=C(\C)c1cc(-c2ccccc2)c(C(=O)OCC)[nH]1. The Hall–Kier alpha value is -2.55. The largest absolute Gasteiger partial charge is 0.461 e. The predicted octanol–water partition coefficient (Wildman–Crippen LogP) is 4.45. The third-order valence-corrected chi connectivity index (χ3v) is 3.17. The minimum atomic E-state index is -0.339. The molecule has 0 saturated heterocycles. The number of ether oxygens (including phenoxy) is 1. The van der Waals surface area contributed by atoms with E-state index in [2.05, 4.69) is 11.6 Å². The number of carbonyl (C=O) groups excluding carboxylic acids is 1. The lowest BCUT2D eigenvalue weighted by Crippen LogP contribution is -2.06. The molecule has 3 heteroatoms. The number of esters is 1. The Kier molecular flexibility index (Phi) is 4.77. The van der Waals surface area contributed by atoms with E-state index in [9.17, 15) is 4.79 Å². The second kappa shape index (κ2) is 6.75. The lowest BCUT2D eigenvalue weighted by Gasteiger charge is -2.03. The Morgan fingerprint density at radius 3 is 2.67 bits per heavy atom. The van der Waals surface area contributed by atoms with Crippen LogP contribution in [0.3, 0.4) is 0 Å². The van der Waals surface area contributed by atoms with Crippen LogP contribution in [-0.4, -0.2) is 17.6 Å². The van der Waals surface area contributed by atoms with Crippen LogP contribution in [0.25, 0.3) is 16.7 Å². The van der Waals surface area contributed by atoms with Crippen LogP contribution in [0, 0.1) is 0 Å². The van der Waals surface area contributed by atoms with Crippen molar-refractivity contribution in [1.29, 1.82) is 0 Å². The first-order chi connectivity index (χ1) is 10.2. The highest BCUT2D eigenvalue weighted by Gasteiger charge is 2.18. The smallest absolute Gasteiger partial charge is 0.355 e. The van der Waals surface area contributed by atoms with E-state index in [0.29, 0.717) is 12.3 Å². The summed E-state index contributed by atoms with van der Waals surface area (Å²) in [6.07, 6.45) is 3.62. The van der Waals surface area contributed by atoms with Crippen molar-refractivity contribution in [3.8, 4) is 11.1 Å². The average Bonchev–Trinajstić information content (AvgIpc) is 2.94. The minimum Gasteiger partial charge on any atom is -0.461 e. The second-order valence-electron chi connectivity index (χ2n) is 4.64. The molecular formula is C18H19NO2. The molecule has 0 fully saturated rings. The molecule has 2 rings (SSSR count). The van der Waals surface area contributed by atoms with Crippen LogP contribution in [0.4, 0.5) is 0 Å². The molecule has 2 aromatic rings. The Bertz CT molecular complexity index is 666. The molecule has 1 N–H and O–H groups in total. The van der Waals surface area contributed by atoms with E-state index in [-0.39, 0.29) is 5.97 Å². The van der Waals surface area contributed by atoms with Gasteiger partial charge in [0.1, 0.15) is 5.69 Å². The van der Waals surface area contributed by atoms with Crippen molar-refractivity contribution in [2.24, 2.45) is 0 Å². The quantitative estimate of drug-likeness (QED) is 0.650. The van der Waals surface area contributed by atoms with Crippen molar-refractivity contribution in [1.82, 2.24) is 4.98 Å². The van der Waals surface area contributed by atoms with E-state index in [1.807, 2.05) is 49.4 Å². The number of hydrogen-bond donors (Lipinski definition) is 1. The zero-order valence-electron chi connectivity index (χ0n) is 12.3. The fraction of sp³-hybridized carbons (Fsp3) is 0.167. The van der Waals surface area contributed by atoms with Crippen molar-refractivity contribution in [2.75, 3.05) is 6.61 Å². The Morgan fingerprint density at radius 2 is 2.05 bits per heavy atom. The van der Waals surface area contributed by atoms with Gasteiger partial charge in [-0.25, -0.2) is 4.79 Å². The van der Waals surface area contributed by atoms with Gasteiger partial charge < -0.3 is 9.72 Å². The number of hydrogen-bond acceptors (Lipinski definition) is 2. The van der Waals surface area contributed by atoms with Gasteiger partial charge in [-0.15, -0.1) is 0 Å². The summed E-state index contributed by atoms with van der Waals surface area (Å²) >= 11 is 0. The number of allylic oxidation sites excluding steroid dienone is 3. The highest BCUT2D eigenvalue weighted by Crippen LogP contribution is 2.28. The predicted molar refractivity (Wildman–Crippen MR) is 86.0 cm³/mol. The zero-order chi connectivity index (χ0) is 15.2. The van der Waals surface area contributed by atoms with E-state index in [0.717, 1.165) is 22.4 Å². The Morgan fingerprint density at radius 1 is 1.33 bits per heavy atom. The summed E-state index contributed by atoms with van der Waals surface area (Å²) < 4.78 is 5.13. The van der Waals surface area contributed by atoms with Crippen LogP contribution >= 0.6 is 0 Å². The summed E-state index contributed by atoms with van der Waals surface area (Å²) in [7, 11) is 0. The van der Waals surface area contributed by atoms with Crippen LogP contribution in [0.5, 0.6) is 0 Å². The standard InChI is InChI=1S/C18H19NO2/c1-4-9-13(3)16-12-15(14-10-7-6-8-11-14)17(19-16)18(20)21-5-2/h4,6-12,19H,1,5H2,2-3H3/b13-9+. The molecule has 0 saturated carbocycles. The highest BCUT2D eigenvalue weighted by atomic mass is 16.5. The zero-order valence-corrected chi connectivity index (χ0v) is 12.3. The molecule has 0 aliphatic rings. The van der Waals surface area contributed by atoms with Gasteiger partial charge in [-0.3, -0.25) is 0 Å². The van der Waals surface area contributed by atoms with E-state index in [1.54, 1.807) is 13.0 Å². The molecule has 108 valence electrons. The Labute approximate surface area is 125 Å². The summed E-state index contributed by atoms with van der Waals surface area (Å²) in [5, 5.41) is 0. The topological polar surface area (TPSA) is 42.1 Å². The monoisotopic (exact) mass is 281 g/mol. The second-order valence-corrected chi connectivity index (χ2v) is 4.64. The number of H-pyrrole nitrogens is 1. The first-order valence-corrected chi connectivity index (χ1v) is 6.92. The minimum absolute atomic E-state index is 0.339. The van der Waals surface area contributed by atoms with Gasteiger partial charge in [0.15, 0.2) is 0 Å². The van der Waals surface area contributed by atoms with Gasteiger partial charge in [0.2, 0.25) is 0 Å². The highest BCUT2D eigenvalue weighted by molar-refractivity contribution is 5.97. The van der Waals surface area contributed by atoms with Crippen molar-refractivity contribution >= 4 is 11.5 Å². The summed E-state index contributed by atoms with van der Waals surface area (Å²) in [4.78, 5) is 15.3. The summed E-state index contributed by atoms with van der Waals surface area (Å²) in [6, 6.07) is 11.8. The van der Waals surface area contributed by atoms with Crippen LogP contribution in [-0.2, 0) is 4.74 Å². The average molecular weight is 281 g/mol. The first kappa shape index (κ1) is 14.9. The molecule has 1 heterocycles. The first-order valence-electron chi connectivity index (χ1n) is 6.92. The summed E-state index contributed by atoms with van der Waals surface area (Å²) in [6.45, 7) is 7.81. The molecule has 3 nitrogen and oxygen atoms in total. The number of benzene rings is 1. The number of rotatable bonds is 5. The molecule has 0 aliphatic heterocycles. The van der Waals surface area contributed by atoms with Gasteiger partial charge >= 0.3 is 5.97 Å². The Balaban J connectivity index is 2.53. The van der Waals surface area contributed by atoms with E-state index >= 15 is 0 Å². The molecule has 0 radical (unpaired) electrons. The van der Waals surface area contributed by atoms with Crippen molar-refractivity contribution < 1.29 is 9.53 Å². The number of carbonyl (C=O) groups is 1. The van der Waals surface area contributed by atoms with Crippen LogP contribution in [0.1, 0.15) is 30.0 Å². The summed E-state index contributed by atoms with van der Waals surface area (Å²) in [5.41, 5.74) is 4.21. The van der Waals surface area contributed by atoms with Gasteiger partial charge in [-0.1, -0.05) is 49.1 Å². The van der Waals surface area contributed by atoms with Crippen LogP contribution < -0.4 is 0 Å². The fourth-order valence-corrected chi connectivity index (χ4v) is 2.14. The van der Waals surface area contributed by atoms with Gasteiger partial charge in [-0.2, -0.15) is 0 Å². The van der Waals surface area contributed by atoms with Gasteiger partial charge in [0, 0.05) is 11.3 Å². The maximum Gasteiger partial charge on any atom is 0.355 e. The molecule has 0 aliphatic carbocycles. The molecule has 0 bridgehead atoms. The maximum atomic E-state index is 12.1. The molecule has 0 spiro atoms. The fourth-order valence-electron chi connectivity index (χ4n) is 2.14. The number of aromatic amines is 1. The molecular weight excluding hydrogens is 262 g/mol. The normalized spacial score (nSPS) is 11.2. The summed E-state index contributed by atoms with van der Waals surface area (Å²) in [5.74, 6) is -0.339. The van der Waals surface area contributed by atoms with Crippen molar-refractivity contribution in [3.05, 3.63) is 66.5 Å². The lowest BCUT2D eigenvalue weighted by atomic mass is 10.1. The van der Waals surface area contributed by atoms with Crippen LogP contribution in [0.15, 0.2) is 55.1 Å². The third-order valence-electron chi connectivity index (χ3n) is 3.17. The third kappa shape index (κ3) is 3.31. The van der Waals surface area contributed by atoms with Crippen LogP contribution in [0.2, 0.25) is 0 Å². The molecule has 0 atom stereocenters. The molecule has 0 unspecified atom stereocenters. The van der Waals surface area contributed by atoms with E-state index < -0.39 is 0 Å². The van der Waals surface area contributed by atoms with Gasteiger partial charge in [-0.05, 0) is 31.1 Å². The van der Waals surface area contributed by atoms with Gasteiger partial charge in [0.05, 0.1) is 6.61 Å². The van der Waals surface area contributed by atoms with Crippen molar-refractivity contribution in [3.63, 3.8) is 0 Å². The van der Waals surface area contributed by atoms with E-state index in [1.165, 1.54) is 0 Å². The molecule has 0 amide bonds. The van der Waals surface area contributed by atoms with Gasteiger partial charge in [0.25, 0.3) is 0 Å². The van der Waals surface area contributed by atoms with Crippen molar-refractivity contribution in [2.45, 2.75) is 13.8 Å². The lowest BCUT2D eigenvalue weighted by molar-refractivity contribution is 0.0521. The molecule has 1 aromatic heterocycles. The number of aromatic nitrogens is 1. The molecule has 1 aromatic carbocycles.